The summed E-state index contributed by atoms with van der Waals surface area (Å²) in [5.74, 6) is 0.111. The first-order chi connectivity index (χ1) is 10.8. The van der Waals surface area contributed by atoms with Crippen molar-refractivity contribution in [3.63, 3.8) is 0 Å². The fourth-order valence-corrected chi connectivity index (χ4v) is 6.08. The second kappa shape index (κ2) is 5.02. The van der Waals surface area contributed by atoms with Gasteiger partial charge in [0, 0.05) is 29.3 Å². The Bertz CT molecular complexity index is 537. The van der Waals surface area contributed by atoms with Crippen LogP contribution in [0.25, 0.3) is 0 Å². The van der Waals surface area contributed by atoms with Crippen LogP contribution in [0.1, 0.15) is 39.5 Å². The van der Waals surface area contributed by atoms with Crippen LogP contribution in [0, 0.1) is 22.7 Å². The number of hydrogen-bond acceptors (Lipinski definition) is 5. The number of aliphatic hydroxyl groups is 4. The summed E-state index contributed by atoms with van der Waals surface area (Å²) in [5.41, 5.74) is 0.723. The van der Waals surface area contributed by atoms with Crippen LogP contribution in [0.2, 0.25) is 0 Å². The highest BCUT2D eigenvalue weighted by Crippen LogP contribution is 2.58. The van der Waals surface area contributed by atoms with Crippen molar-refractivity contribution in [1.29, 1.82) is 0 Å². The van der Waals surface area contributed by atoms with Gasteiger partial charge in [-0.3, -0.25) is 0 Å². The van der Waals surface area contributed by atoms with Crippen molar-refractivity contribution in [2.75, 3.05) is 6.54 Å². The molecule has 1 saturated heterocycles. The van der Waals surface area contributed by atoms with Crippen molar-refractivity contribution in [1.82, 2.24) is 5.32 Å². The first-order valence-corrected chi connectivity index (χ1v) is 8.94. The lowest BCUT2D eigenvalue weighted by atomic mass is 9.53. The average molecular weight is 323 g/mol. The minimum Gasteiger partial charge on any atom is -0.393 e. The smallest absolute Gasteiger partial charge is 0.0867 e. The molecule has 0 aromatic heterocycles. The van der Waals surface area contributed by atoms with E-state index >= 15 is 0 Å². The number of piperidine rings is 1. The first-order valence-electron chi connectivity index (χ1n) is 8.94. The molecule has 0 aromatic rings. The Kier molecular flexibility index (Phi) is 3.50. The summed E-state index contributed by atoms with van der Waals surface area (Å²) < 4.78 is 0. The molecule has 23 heavy (non-hydrogen) atoms. The molecular weight excluding hydrogens is 294 g/mol. The first kappa shape index (κ1) is 16.0. The molecule has 0 bridgehead atoms. The Balaban J connectivity index is 1.73. The van der Waals surface area contributed by atoms with Crippen molar-refractivity contribution in [3.05, 3.63) is 11.6 Å². The highest BCUT2D eigenvalue weighted by atomic mass is 16.3. The second-order valence-corrected chi connectivity index (χ2v) is 8.79. The quantitative estimate of drug-likeness (QED) is 0.410. The van der Waals surface area contributed by atoms with Gasteiger partial charge in [-0.15, -0.1) is 0 Å². The molecule has 4 rings (SSSR count). The van der Waals surface area contributed by atoms with E-state index < -0.39 is 23.7 Å². The van der Waals surface area contributed by atoms with Gasteiger partial charge in [-0.1, -0.05) is 25.5 Å². The molecule has 5 nitrogen and oxygen atoms in total. The maximum Gasteiger partial charge on any atom is 0.0867 e. The molecule has 4 aliphatic rings. The largest absolute Gasteiger partial charge is 0.393 e. The summed E-state index contributed by atoms with van der Waals surface area (Å²) in [7, 11) is 0. The van der Waals surface area contributed by atoms with E-state index in [1.165, 1.54) is 5.57 Å². The van der Waals surface area contributed by atoms with E-state index in [0.29, 0.717) is 19.4 Å². The third-order valence-corrected chi connectivity index (χ3v) is 7.57. The number of hydrogen-bond donors (Lipinski definition) is 5. The Morgan fingerprint density at radius 1 is 1.17 bits per heavy atom. The van der Waals surface area contributed by atoms with Gasteiger partial charge in [0.05, 0.1) is 24.4 Å². The third-order valence-electron chi connectivity index (χ3n) is 7.57. The molecule has 3 fully saturated rings. The van der Waals surface area contributed by atoms with Crippen molar-refractivity contribution in [2.45, 2.75) is 70.0 Å². The lowest BCUT2D eigenvalue weighted by Gasteiger charge is -2.58. The molecule has 2 saturated carbocycles. The molecule has 0 spiro atoms. The minimum atomic E-state index is -0.737. The van der Waals surface area contributed by atoms with Gasteiger partial charge >= 0.3 is 0 Å². The number of nitrogens with one attached hydrogen (secondary N) is 1. The second-order valence-electron chi connectivity index (χ2n) is 8.79. The zero-order valence-corrected chi connectivity index (χ0v) is 13.9. The van der Waals surface area contributed by atoms with Crippen molar-refractivity contribution >= 4 is 0 Å². The van der Waals surface area contributed by atoms with E-state index in [4.69, 9.17) is 0 Å². The molecule has 1 heterocycles. The van der Waals surface area contributed by atoms with E-state index in [9.17, 15) is 20.4 Å². The molecule has 0 amide bonds. The van der Waals surface area contributed by atoms with Crippen molar-refractivity contribution in [3.8, 4) is 0 Å². The summed E-state index contributed by atoms with van der Waals surface area (Å²) in [6, 6.07) is 0.139. The maximum absolute atomic E-state index is 10.8. The standard InChI is InChI=1S/C18H29NO4/c1-17-4-3-10(20)5-9(17)6-12(21)14-11-7-13(22)16(23)18(11,2)8-19-15(14)17/h6,10-16,19-23H,3-5,7-8H2,1-2H3/t10-,11?,12-,13+,14?,15?,16-,17-,18-/m0/s1. The molecule has 0 radical (unpaired) electrons. The highest BCUT2D eigenvalue weighted by Gasteiger charge is 2.62. The SMILES string of the molecule is C[C@]12CC[C@H](O)CC1=C[C@H](O)C1C2NC[C@@]2(C)C1C[C@@H](O)[C@@H]2O. The number of rotatable bonds is 0. The molecule has 9 atom stereocenters. The molecule has 1 aliphatic heterocycles. The van der Waals surface area contributed by atoms with E-state index in [1.54, 1.807) is 0 Å². The van der Waals surface area contributed by atoms with Gasteiger partial charge in [0.1, 0.15) is 0 Å². The predicted molar refractivity (Wildman–Crippen MR) is 85.6 cm³/mol. The van der Waals surface area contributed by atoms with Gasteiger partial charge in [-0.25, -0.2) is 0 Å². The monoisotopic (exact) mass is 323 g/mol. The molecular formula is C18H29NO4. The molecule has 130 valence electrons. The van der Waals surface area contributed by atoms with Gasteiger partial charge in [-0.2, -0.15) is 0 Å². The van der Waals surface area contributed by atoms with Crippen LogP contribution < -0.4 is 5.32 Å². The number of fused-ring (bicyclic) bond motifs is 5. The van der Waals surface area contributed by atoms with Gasteiger partial charge in [-0.05, 0) is 31.6 Å². The molecule has 3 aliphatic carbocycles. The highest BCUT2D eigenvalue weighted by molar-refractivity contribution is 5.30. The summed E-state index contributed by atoms with van der Waals surface area (Å²) in [4.78, 5) is 0. The third kappa shape index (κ3) is 2.04. The van der Waals surface area contributed by atoms with E-state index in [-0.39, 0.29) is 29.4 Å². The predicted octanol–water partition coefficient (Wildman–Crippen LogP) is 0.174. The minimum absolute atomic E-state index is 0.00421. The summed E-state index contributed by atoms with van der Waals surface area (Å²) in [6.45, 7) is 4.93. The number of aliphatic hydroxyl groups excluding tert-OH is 4. The fraction of sp³-hybridized carbons (Fsp3) is 0.889. The normalized spacial score (nSPS) is 58.9. The van der Waals surface area contributed by atoms with Crippen LogP contribution in [0.5, 0.6) is 0 Å². The fourth-order valence-electron chi connectivity index (χ4n) is 6.08. The van der Waals surface area contributed by atoms with E-state index in [1.807, 2.05) is 13.0 Å². The zero-order chi connectivity index (χ0) is 16.6. The van der Waals surface area contributed by atoms with Crippen LogP contribution in [-0.2, 0) is 0 Å². The summed E-state index contributed by atoms with van der Waals surface area (Å²) in [5, 5.41) is 45.1. The van der Waals surface area contributed by atoms with Crippen LogP contribution >= 0.6 is 0 Å². The average Bonchev–Trinajstić information content (AvgIpc) is 2.73. The molecule has 3 unspecified atom stereocenters. The summed E-state index contributed by atoms with van der Waals surface area (Å²) in [6.07, 6.45) is 2.53. The topological polar surface area (TPSA) is 93.0 Å². The summed E-state index contributed by atoms with van der Waals surface area (Å²) >= 11 is 0. The van der Waals surface area contributed by atoms with Gasteiger partial charge in [0.15, 0.2) is 0 Å². The lowest BCUT2D eigenvalue weighted by molar-refractivity contribution is -0.0873. The van der Waals surface area contributed by atoms with Crippen molar-refractivity contribution < 1.29 is 20.4 Å². The van der Waals surface area contributed by atoms with E-state index in [2.05, 4.69) is 12.2 Å². The molecule has 0 aromatic carbocycles. The zero-order valence-electron chi connectivity index (χ0n) is 13.9. The van der Waals surface area contributed by atoms with Crippen LogP contribution in [-0.4, -0.2) is 57.4 Å². The Morgan fingerprint density at radius 2 is 1.91 bits per heavy atom. The van der Waals surface area contributed by atoms with Crippen LogP contribution in [0.3, 0.4) is 0 Å². The Morgan fingerprint density at radius 3 is 2.65 bits per heavy atom. The molecule has 5 heteroatoms. The Hall–Kier alpha value is -0.460. The van der Waals surface area contributed by atoms with Crippen LogP contribution in [0.15, 0.2) is 11.6 Å². The van der Waals surface area contributed by atoms with E-state index in [0.717, 1.165) is 12.8 Å². The van der Waals surface area contributed by atoms with Gasteiger partial charge < -0.3 is 25.7 Å². The van der Waals surface area contributed by atoms with Crippen molar-refractivity contribution in [2.24, 2.45) is 22.7 Å². The van der Waals surface area contributed by atoms with Crippen LogP contribution in [0.4, 0.5) is 0 Å². The van der Waals surface area contributed by atoms with Gasteiger partial charge in [0.2, 0.25) is 0 Å². The Labute approximate surface area is 137 Å². The maximum atomic E-state index is 10.8. The van der Waals surface area contributed by atoms with Gasteiger partial charge in [0.25, 0.3) is 0 Å². The molecule has 5 N–H and O–H groups in total. The lowest BCUT2D eigenvalue weighted by Crippen LogP contribution is -2.66.